The Morgan fingerprint density at radius 2 is 1.96 bits per heavy atom. The van der Waals surface area contributed by atoms with Crippen LogP contribution in [0.5, 0.6) is 5.75 Å². The number of ether oxygens (including phenoxy) is 1. The molecule has 25 heavy (non-hydrogen) atoms. The lowest BCUT2D eigenvalue weighted by atomic mass is 10.2. The number of thioether (sulfide) groups is 1. The monoisotopic (exact) mass is 389 g/mol. The Morgan fingerprint density at radius 1 is 1.24 bits per heavy atom. The molecule has 8 heteroatoms. The highest BCUT2D eigenvalue weighted by Crippen LogP contribution is 2.37. The number of anilines is 1. The second kappa shape index (κ2) is 8.49. The van der Waals surface area contributed by atoms with Crippen LogP contribution >= 0.6 is 23.4 Å². The van der Waals surface area contributed by atoms with Crippen LogP contribution in [-0.4, -0.2) is 18.3 Å². The quantitative estimate of drug-likeness (QED) is 0.664. The van der Waals surface area contributed by atoms with Gasteiger partial charge in [-0.1, -0.05) is 23.7 Å². The standard InChI is InChI=1S/C17H15ClF3NO2S/c1-2-24-15-6-4-3-5-14(15)22-16(23)10-25-11-7-8-13(18)12(9-11)17(19,20)21/h3-9H,2,10H2,1H3,(H,22,23). The normalized spacial score (nSPS) is 11.2. The second-order valence-electron chi connectivity index (χ2n) is 4.91. The van der Waals surface area contributed by atoms with Crippen LogP contribution in [0.1, 0.15) is 12.5 Å². The van der Waals surface area contributed by atoms with Gasteiger partial charge in [0, 0.05) is 4.90 Å². The number of alkyl halides is 3. The van der Waals surface area contributed by atoms with E-state index in [-0.39, 0.29) is 16.7 Å². The topological polar surface area (TPSA) is 38.3 Å². The largest absolute Gasteiger partial charge is 0.492 e. The van der Waals surface area contributed by atoms with Gasteiger partial charge < -0.3 is 10.1 Å². The molecule has 0 aliphatic heterocycles. The predicted octanol–water partition coefficient (Wildman–Crippen LogP) is 5.49. The zero-order valence-corrected chi connectivity index (χ0v) is 14.8. The summed E-state index contributed by atoms with van der Waals surface area (Å²) < 4.78 is 43.9. The lowest BCUT2D eigenvalue weighted by Crippen LogP contribution is -2.15. The Labute approximate surface area is 152 Å². The molecule has 0 aliphatic carbocycles. The molecule has 0 bridgehead atoms. The summed E-state index contributed by atoms with van der Waals surface area (Å²) >= 11 is 6.57. The van der Waals surface area contributed by atoms with Gasteiger partial charge in [0.1, 0.15) is 5.75 Å². The van der Waals surface area contributed by atoms with Crippen LogP contribution in [0.4, 0.5) is 18.9 Å². The Hall–Kier alpha value is -1.86. The smallest absolute Gasteiger partial charge is 0.417 e. The zero-order valence-electron chi connectivity index (χ0n) is 13.2. The molecule has 0 unspecified atom stereocenters. The van der Waals surface area contributed by atoms with Gasteiger partial charge in [-0.15, -0.1) is 11.8 Å². The number of rotatable bonds is 6. The van der Waals surface area contributed by atoms with Crippen molar-refractivity contribution in [2.24, 2.45) is 0 Å². The Balaban J connectivity index is 2.01. The summed E-state index contributed by atoms with van der Waals surface area (Å²) in [5.74, 6) is 0.147. The van der Waals surface area contributed by atoms with Gasteiger partial charge in [0.05, 0.1) is 28.6 Å². The van der Waals surface area contributed by atoms with E-state index in [4.69, 9.17) is 16.3 Å². The van der Waals surface area contributed by atoms with Crippen molar-refractivity contribution in [3.63, 3.8) is 0 Å². The highest BCUT2D eigenvalue weighted by Gasteiger charge is 2.33. The van der Waals surface area contributed by atoms with E-state index in [0.717, 1.165) is 17.8 Å². The van der Waals surface area contributed by atoms with Crippen molar-refractivity contribution >= 4 is 35.0 Å². The molecular formula is C17H15ClF3NO2S. The maximum absolute atomic E-state index is 12.8. The van der Waals surface area contributed by atoms with Crippen molar-refractivity contribution in [1.82, 2.24) is 0 Å². The Bertz CT molecular complexity index is 753. The summed E-state index contributed by atoms with van der Waals surface area (Å²) in [6.07, 6.45) is -4.54. The van der Waals surface area contributed by atoms with Gasteiger partial charge in [-0.3, -0.25) is 4.79 Å². The van der Waals surface area contributed by atoms with Crippen molar-refractivity contribution in [1.29, 1.82) is 0 Å². The molecule has 0 aromatic heterocycles. The van der Waals surface area contributed by atoms with E-state index in [1.165, 1.54) is 12.1 Å². The number of para-hydroxylation sites is 2. The van der Waals surface area contributed by atoms with E-state index in [9.17, 15) is 18.0 Å². The number of carbonyl (C=O) groups excluding carboxylic acids is 1. The van der Waals surface area contributed by atoms with Crippen LogP contribution in [0.2, 0.25) is 5.02 Å². The fourth-order valence-electron chi connectivity index (χ4n) is 2.00. The minimum absolute atomic E-state index is 0.0423. The molecule has 2 aromatic carbocycles. The third-order valence-corrected chi connectivity index (χ3v) is 4.40. The lowest BCUT2D eigenvalue weighted by molar-refractivity contribution is -0.137. The van der Waals surface area contributed by atoms with Crippen LogP contribution in [0.3, 0.4) is 0 Å². The molecule has 0 spiro atoms. The molecule has 0 radical (unpaired) electrons. The molecule has 0 atom stereocenters. The summed E-state index contributed by atoms with van der Waals surface area (Å²) in [5.41, 5.74) is -0.400. The third kappa shape index (κ3) is 5.57. The molecule has 3 nitrogen and oxygen atoms in total. The number of halogens is 4. The Morgan fingerprint density at radius 3 is 2.64 bits per heavy atom. The van der Waals surface area contributed by atoms with Gasteiger partial charge >= 0.3 is 6.18 Å². The number of nitrogens with one attached hydrogen (secondary N) is 1. The fraction of sp³-hybridized carbons (Fsp3) is 0.235. The van der Waals surface area contributed by atoms with E-state index >= 15 is 0 Å². The summed E-state index contributed by atoms with van der Waals surface area (Å²) in [5, 5.41) is 2.32. The number of amides is 1. The highest BCUT2D eigenvalue weighted by molar-refractivity contribution is 8.00. The number of hydrogen-bond acceptors (Lipinski definition) is 3. The molecule has 0 saturated heterocycles. The second-order valence-corrected chi connectivity index (χ2v) is 6.36. The van der Waals surface area contributed by atoms with Crippen LogP contribution in [0.25, 0.3) is 0 Å². The number of benzene rings is 2. The molecule has 1 N–H and O–H groups in total. The van der Waals surface area contributed by atoms with Crippen molar-refractivity contribution in [3.05, 3.63) is 53.1 Å². The molecule has 2 rings (SSSR count). The first-order chi connectivity index (χ1) is 11.8. The van der Waals surface area contributed by atoms with E-state index in [1.54, 1.807) is 24.3 Å². The highest BCUT2D eigenvalue weighted by atomic mass is 35.5. The summed E-state index contributed by atoms with van der Waals surface area (Å²) in [6.45, 7) is 2.28. The van der Waals surface area contributed by atoms with E-state index in [2.05, 4.69) is 5.32 Å². The first-order valence-electron chi connectivity index (χ1n) is 7.32. The average Bonchev–Trinajstić information content (AvgIpc) is 2.55. The van der Waals surface area contributed by atoms with Gasteiger partial charge in [0.15, 0.2) is 0 Å². The first kappa shape index (κ1) is 19.5. The SMILES string of the molecule is CCOc1ccccc1NC(=O)CSc1ccc(Cl)c(C(F)(F)F)c1. The zero-order chi connectivity index (χ0) is 18.4. The van der Waals surface area contributed by atoms with Gasteiger partial charge in [-0.2, -0.15) is 13.2 Å². The molecule has 0 saturated carbocycles. The molecular weight excluding hydrogens is 375 g/mol. The van der Waals surface area contributed by atoms with E-state index < -0.39 is 11.7 Å². The minimum atomic E-state index is -4.54. The first-order valence-corrected chi connectivity index (χ1v) is 8.69. The van der Waals surface area contributed by atoms with Gasteiger partial charge in [-0.25, -0.2) is 0 Å². The van der Waals surface area contributed by atoms with Crippen molar-refractivity contribution in [2.75, 3.05) is 17.7 Å². The van der Waals surface area contributed by atoms with Crippen molar-refractivity contribution < 1.29 is 22.7 Å². The molecule has 1 amide bonds. The molecule has 0 aliphatic rings. The maximum atomic E-state index is 12.8. The average molecular weight is 390 g/mol. The van der Waals surface area contributed by atoms with Crippen LogP contribution in [-0.2, 0) is 11.0 Å². The van der Waals surface area contributed by atoms with Crippen LogP contribution in [0, 0.1) is 0 Å². The third-order valence-electron chi connectivity index (χ3n) is 3.07. The van der Waals surface area contributed by atoms with Gasteiger partial charge in [0.25, 0.3) is 0 Å². The predicted molar refractivity (Wildman–Crippen MR) is 93.4 cm³/mol. The van der Waals surface area contributed by atoms with Crippen LogP contribution in [0.15, 0.2) is 47.4 Å². The van der Waals surface area contributed by atoms with E-state index in [0.29, 0.717) is 22.9 Å². The number of carbonyl (C=O) groups is 1. The van der Waals surface area contributed by atoms with E-state index in [1.807, 2.05) is 6.92 Å². The number of hydrogen-bond donors (Lipinski definition) is 1. The van der Waals surface area contributed by atoms with Gasteiger partial charge in [-0.05, 0) is 37.3 Å². The minimum Gasteiger partial charge on any atom is -0.492 e. The fourth-order valence-corrected chi connectivity index (χ4v) is 2.96. The molecule has 0 heterocycles. The van der Waals surface area contributed by atoms with Crippen LogP contribution < -0.4 is 10.1 Å². The van der Waals surface area contributed by atoms with Gasteiger partial charge in [0.2, 0.25) is 5.91 Å². The van der Waals surface area contributed by atoms with Crippen molar-refractivity contribution in [3.8, 4) is 5.75 Å². The van der Waals surface area contributed by atoms with Crippen molar-refractivity contribution in [2.45, 2.75) is 18.0 Å². The summed E-state index contributed by atoms with van der Waals surface area (Å²) in [4.78, 5) is 12.4. The Kier molecular flexibility index (Phi) is 6.61. The molecule has 0 fully saturated rings. The maximum Gasteiger partial charge on any atom is 0.417 e. The molecule has 2 aromatic rings. The summed E-state index contributed by atoms with van der Waals surface area (Å²) in [6, 6.07) is 10.5. The molecule has 134 valence electrons. The summed E-state index contributed by atoms with van der Waals surface area (Å²) in [7, 11) is 0. The lowest BCUT2D eigenvalue weighted by Gasteiger charge is -2.12.